The number of ether oxygens (including phenoxy) is 1. The first kappa shape index (κ1) is 15.4. The number of benzene rings is 2. The predicted molar refractivity (Wildman–Crippen MR) is 85.1 cm³/mol. The highest BCUT2D eigenvalue weighted by Gasteiger charge is 2.14. The normalized spacial score (nSPS) is 11.7. The zero-order valence-corrected chi connectivity index (χ0v) is 12.6. The Bertz CT molecular complexity index is 586. The fraction of sp³-hybridized carbons (Fsp3) is 0.235. The van der Waals surface area contributed by atoms with Gasteiger partial charge in [-0.2, -0.15) is 0 Å². The van der Waals surface area contributed by atoms with Crippen LogP contribution in [0.1, 0.15) is 15.9 Å². The highest BCUT2D eigenvalue weighted by molar-refractivity contribution is 6.18. The maximum atomic E-state index is 12.2. The third-order valence-electron chi connectivity index (χ3n) is 3.18. The molecule has 4 heteroatoms. The maximum Gasteiger partial charge on any atom is 0.251 e. The molecule has 0 radical (unpaired) electrons. The minimum atomic E-state index is -0.143. The van der Waals surface area contributed by atoms with Crippen molar-refractivity contribution in [2.24, 2.45) is 0 Å². The van der Waals surface area contributed by atoms with Gasteiger partial charge in [0.1, 0.15) is 5.75 Å². The van der Waals surface area contributed by atoms with Crippen molar-refractivity contribution < 1.29 is 9.53 Å². The number of carbonyl (C=O) groups excluding carboxylic acids is 1. The number of hydrogen-bond acceptors (Lipinski definition) is 2. The van der Waals surface area contributed by atoms with Crippen LogP contribution < -0.4 is 10.1 Å². The average molecular weight is 304 g/mol. The van der Waals surface area contributed by atoms with Gasteiger partial charge in [0.25, 0.3) is 5.91 Å². The summed E-state index contributed by atoms with van der Waals surface area (Å²) in [6, 6.07) is 16.9. The predicted octanol–water partition coefficient (Wildman–Crippen LogP) is 3.28. The van der Waals surface area contributed by atoms with Gasteiger partial charge in [0.2, 0.25) is 0 Å². The molecule has 0 heterocycles. The molecule has 2 rings (SSSR count). The lowest BCUT2D eigenvalue weighted by Gasteiger charge is -2.16. The second kappa shape index (κ2) is 7.70. The average Bonchev–Trinajstić information content (AvgIpc) is 2.55. The minimum absolute atomic E-state index is 0.104. The van der Waals surface area contributed by atoms with Crippen LogP contribution in [0.4, 0.5) is 0 Å². The van der Waals surface area contributed by atoms with Crippen molar-refractivity contribution in [3.05, 3.63) is 65.7 Å². The van der Waals surface area contributed by atoms with Crippen molar-refractivity contribution >= 4 is 17.5 Å². The molecule has 2 aromatic carbocycles. The molecule has 0 aliphatic carbocycles. The molecule has 3 nitrogen and oxygen atoms in total. The molecule has 0 saturated heterocycles. The standard InChI is InChI=1S/C17H18ClNO2/c1-21-16-9-5-8-14(11-16)17(20)19-15(12-18)10-13-6-3-2-4-7-13/h2-9,11,15H,10,12H2,1H3,(H,19,20)/t15-/m0/s1. The van der Waals surface area contributed by atoms with Crippen molar-refractivity contribution in [2.75, 3.05) is 13.0 Å². The summed E-state index contributed by atoms with van der Waals surface area (Å²) in [5.74, 6) is 0.883. The molecule has 0 bridgehead atoms. The molecule has 0 unspecified atom stereocenters. The highest BCUT2D eigenvalue weighted by atomic mass is 35.5. The first-order chi connectivity index (χ1) is 10.2. The molecule has 0 spiro atoms. The van der Waals surface area contributed by atoms with Crippen LogP contribution >= 0.6 is 11.6 Å². The van der Waals surface area contributed by atoms with E-state index in [0.29, 0.717) is 23.6 Å². The van der Waals surface area contributed by atoms with Crippen molar-refractivity contribution in [1.29, 1.82) is 0 Å². The number of nitrogens with one attached hydrogen (secondary N) is 1. The lowest BCUT2D eigenvalue weighted by molar-refractivity contribution is 0.0940. The van der Waals surface area contributed by atoms with Crippen molar-refractivity contribution in [1.82, 2.24) is 5.32 Å². The Hall–Kier alpha value is -2.00. The van der Waals surface area contributed by atoms with E-state index in [2.05, 4.69) is 5.32 Å². The number of halogens is 1. The first-order valence-electron chi connectivity index (χ1n) is 6.77. The number of amides is 1. The zero-order chi connectivity index (χ0) is 15.1. The summed E-state index contributed by atoms with van der Waals surface area (Å²) in [6.45, 7) is 0. The molecular weight excluding hydrogens is 286 g/mol. The minimum Gasteiger partial charge on any atom is -0.497 e. The van der Waals surface area contributed by atoms with E-state index in [4.69, 9.17) is 16.3 Å². The van der Waals surface area contributed by atoms with Gasteiger partial charge in [0.15, 0.2) is 0 Å². The summed E-state index contributed by atoms with van der Waals surface area (Å²) in [4.78, 5) is 12.2. The third-order valence-corrected chi connectivity index (χ3v) is 3.55. The van der Waals surface area contributed by atoms with E-state index in [1.54, 1.807) is 31.4 Å². The third kappa shape index (κ3) is 4.50. The van der Waals surface area contributed by atoms with E-state index in [9.17, 15) is 4.79 Å². The van der Waals surface area contributed by atoms with Gasteiger partial charge < -0.3 is 10.1 Å². The molecule has 1 amide bonds. The van der Waals surface area contributed by atoms with E-state index < -0.39 is 0 Å². The van der Waals surface area contributed by atoms with Crippen LogP contribution in [-0.2, 0) is 6.42 Å². The Morgan fingerprint density at radius 2 is 1.95 bits per heavy atom. The van der Waals surface area contributed by atoms with Gasteiger partial charge >= 0.3 is 0 Å². The van der Waals surface area contributed by atoms with E-state index in [1.807, 2.05) is 30.3 Å². The maximum absolute atomic E-state index is 12.2. The van der Waals surface area contributed by atoms with Crippen molar-refractivity contribution in [3.63, 3.8) is 0 Å². The molecular formula is C17H18ClNO2. The van der Waals surface area contributed by atoms with Crippen LogP contribution in [-0.4, -0.2) is 24.9 Å². The molecule has 0 fully saturated rings. The van der Waals surface area contributed by atoms with Gasteiger partial charge in [-0.15, -0.1) is 11.6 Å². The lowest BCUT2D eigenvalue weighted by Crippen LogP contribution is -2.37. The second-order valence-electron chi connectivity index (χ2n) is 4.75. The molecule has 1 atom stereocenters. The van der Waals surface area contributed by atoms with Gasteiger partial charge in [0.05, 0.1) is 7.11 Å². The SMILES string of the molecule is COc1cccc(C(=O)N[C@H](CCl)Cc2ccccc2)c1. The summed E-state index contributed by atoms with van der Waals surface area (Å²) >= 11 is 5.97. The quantitative estimate of drug-likeness (QED) is 0.832. The van der Waals surface area contributed by atoms with Crippen LogP contribution in [0.2, 0.25) is 0 Å². The van der Waals surface area contributed by atoms with Crippen molar-refractivity contribution in [2.45, 2.75) is 12.5 Å². The van der Waals surface area contributed by atoms with Gasteiger partial charge in [-0.05, 0) is 30.2 Å². The zero-order valence-electron chi connectivity index (χ0n) is 11.9. The Morgan fingerprint density at radius 3 is 2.62 bits per heavy atom. The molecule has 0 aromatic heterocycles. The van der Waals surface area contributed by atoms with Crippen LogP contribution in [0.3, 0.4) is 0 Å². The van der Waals surface area contributed by atoms with E-state index in [1.165, 1.54) is 0 Å². The number of alkyl halides is 1. The number of methoxy groups -OCH3 is 1. The van der Waals surface area contributed by atoms with E-state index in [-0.39, 0.29) is 11.9 Å². The smallest absolute Gasteiger partial charge is 0.251 e. The molecule has 21 heavy (non-hydrogen) atoms. The lowest BCUT2D eigenvalue weighted by atomic mass is 10.1. The topological polar surface area (TPSA) is 38.3 Å². The molecule has 0 aliphatic rings. The second-order valence-corrected chi connectivity index (χ2v) is 5.05. The Labute approximate surface area is 129 Å². The van der Waals surface area contributed by atoms with Crippen molar-refractivity contribution in [3.8, 4) is 5.75 Å². The van der Waals surface area contributed by atoms with Gasteiger partial charge in [-0.3, -0.25) is 4.79 Å². The summed E-state index contributed by atoms with van der Waals surface area (Å²) in [6.07, 6.45) is 0.708. The molecule has 0 saturated carbocycles. The van der Waals surface area contributed by atoms with Gasteiger partial charge in [-0.25, -0.2) is 0 Å². The first-order valence-corrected chi connectivity index (χ1v) is 7.31. The molecule has 110 valence electrons. The van der Waals surface area contributed by atoms with Crippen LogP contribution in [0, 0.1) is 0 Å². The highest BCUT2D eigenvalue weighted by Crippen LogP contribution is 2.13. The largest absolute Gasteiger partial charge is 0.497 e. The number of carbonyl (C=O) groups is 1. The van der Waals surface area contributed by atoms with Gasteiger partial charge in [0, 0.05) is 17.5 Å². The summed E-state index contributed by atoms with van der Waals surface area (Å²) in [7, 11) is 1.58. The van der Waals surface area contributed by atoms with E-state index in [0.717, 1.165) is 5.56 Å². The summed E-state index contributed by atoms with van der Waals surface area (Å²) in [5, 5.41) is 2.96. The van der Waals surface area contributed by atoms with Crippen LogP contribution in [0.15, 0.2) is 54.6 Å². The fourth-order valence-electron chi connectivity index (χ4n) is 2.08. The Kier molecular flexibility index (Phi) is 5.64. The fourth-order valence-corrected chi connectivity index (χ4v) is 2.26. The number of hydrogen-bond donors (Lipinski definition) is 1. The monoisotopic (exact) mass is 303 g/mol. The van der Waals surface area contributed by atoms with Crippen LogP contribution in [0.5, 0.6) is 5.75 Å². The number of rotatable bonds is 6. The Balaban J connectivity index is 2.02. The molecule has 1 N–H and O–H groups in total. The summed E-state index contributed by atoms with van der Waals surface area (Å²) < 4.78 is 5.13. The van der Waals surface area contributed by atoms with Crippen LogP contribution in [0.25, 0.3) is 0 Å². The molecule has 2 aromatic rings. The Morgan fingerprint density at radius 1 is 1.19 bits per heavy atom. The molecule has 0 aliphatic heterocycles. The summed E-state index contributed by atoms with van der Waals surface area (Å²) in [5.41, 5.74) is 1.71. The van der Waals surface area contributed by atoms with Gasteiger partial charge in [-0.1, -0.05) is 36.4 Å². The van der Waals surface area contributed by atoms with E-state index >= 15 is 0 Å².